The molecule has 4 nitrogen and oxygen atoms in total. The van der Waals surface area contributed by atoms with Crippen molar-refractivity contribution in [3.8, 4) is 0 Å². The Labute approximate surface area is 104 Å². The summed E-state index contributed by atoms with van der Waals surface area (Å²) in [6.07, 6.45) is 5.77. The van der Waals surface area contributed by atoms with Crippen LogP contribution in [0.2, 0.25) is 0 Å². The molecule has 1 amide bonds. The molecule has 6 heteroatoms. The number of imidazole rings is 1. The lowest BCUT2D eigenvalue weighted by Crippen LogP contribution is -2.35. The number of nitrogens with one attached hydrogen (secondary N) is 1. The monoisotopic (exact) mass is 261 g/mol. The number of rotatable bonds is 4. The van der Waals surface area contributed by atoms with Crippen LogP contribution >= 0.6 is 23.2 Å². The van der Waals surface area contributed by atoms with E-state index >= 15 is 0 Å². The van der Waals surface area contributed by atoms with Gasteiger partial charge in [0.15, 0.2) is 0 Å². The van der Waals surface area contributed by atoms with Gasteiger partial charge in [-0.15, -0.1) is 23.2 Å². The first-order valence-electron chi connectivity index (χ1n) is 5.08. The summed E-state index contributed by atoms with van der Waals surface area (Å²) in [6.45, 7) is 3.02. The van der Waals surface area contributed by atoms with Gasteiger partial charge in [-0.25, -0.2) is 4.98 Å². The van der Waals surface area contributed by atoms with Crippen molar-refractivity contribution >= 4 is 29.1 Å². The lowest BCUT2D eigenvalue weighted by molar-refractivity contribution is -0.125. The van der Waals surface area contributed by atoms with Crippen molar-refractivity contribution < 1.29 is 4.79 Å². The predicted molar refractivity (Wildman–Crippen MR) is 62.4 cm³/mol. The summed E-state index contributed by atoms with van der Waals surface area (Å²) >= 11 is 11.8. The van der Waals surface area contributed by atoms with Crippen LogP contribution in [0.3, 0.4) is 0 Å². The molecule has 1 aromatic rings. The maximum atomic E-state index is 11.8. The number of halogens is 2. The van der Waals surface area contributed by atoms with Gasteiger partial charge >= 0.3 is 0 Å². The van der Waals surface area contributed by atoms with Crippen LogP contribution in [0.25, 0.3) is 0 Å². The van der Waals surface area contributed by atoms with E-state index in [0.29, 0.717) is 19.5 Å². The molecule has 1 heterocycles. The number of hydrogen-bond acceptors (Lipinski definition) is 2. The molecule has 2 rings (SSSR count). The van der Waals surface area contributed by atoms with Gasteiger partial charge in [-0.2, -0.15) is 0 Å². The fourth-order valence-corrected chi connectivity index (χ4v) is 2.27. The third kappa shape index (κ3) is 2.04. The molecule has 0 bridgehead atoms. The number of aromatic nitrogens is 2. The molecule has 0 aliphatic heterocycles. The highest BCUT2D eigenvalue weighted by Crippen LogP contribution is 2.63. The Morgan fingerprint density at radius 1 is 1.62 bits per heavy atom. The largest absolute Gasteiger partial charge is 0.354 e. The van der Waals surface area contributed by atoms with E-state index < -0.39 is 9.75 Å². The lowest BCUT2D eigenvalue weighted by atomic mass is 10.1. The summed E-state index contributed by atoms with van der Waals surface area (Å²) in [6, 6.07) is 0. The Bertz CT molecular complexity index is 391. The summed E-state index contributed by atoms with van der Waals surface area (Å²) in [5, 5.41) is 2.82. The van der Waals surface area contributed by atoms with Gasteiger partial charge in [-0.1, -0.05) is 0 Å². The molecule has 16 heavy (non-hydrogen) atoms. The summed E-state index contributed by atoms with van der Waals surface area (Å²) in [5.74, 6) is -0.0855. The fourth-order valence-electron chi connectivity index (χ4n) is 1.56. The van der Waals surface area contributed by atoms with Crippen molar-refractivity contribution in [1.82, 2.24) is 14.9 Å². The van der Waals surface area contributed by atoms with E-state index in [-0.39, 0.29) is 5.91 Å². The number of nitrogens with zero attached hydrogens (tertiary/aromatic N) is 2. The number of carbonyl (C=O) groups is 1. The van der Waals surface area contributed by atoms with Crippen molar-refractivity contribution in [3.05, 3.63) is 18.7 Å². The lowest BCUT2D eigenvalue weighted by Gasteiger charge is -2.12. The van der Waals surface area contributed by atoms with Crippen LogP contribution in [0.4, 0.5) is 0 Å². The van der Waals surface area contributed by atoms with Crippen molar-refractivity contribution in [1.29, 1.82) is 0 Å². The molecular formula is C10H13Cl2N3O. The minimum absolute atomic E-state index is 0.0855. The molecule has 1 fully saturated rings. The van der Waals surface area contributed by atoms with Crippen LogP contribution in [-0.4, -0.2) is 26.3 Å². The van der Waals surface area contributed by atoms with Crippen LogP contribution < -0.4 is 5.32 Å². The number of carbonyl (C=O) groups excluding carboxylic acids is 1. The summed E-state index contributed by atoms with van der Waals surface area (Å²) in [7, 11) is 0. The van der Waals surface area contributed by atoms with E-state index in [9.17, 15) is 4.79 Å². The molecule has 1 aliphatic rings. The minimum Gasteiger partial charge on any atom is -0.354 e. The third-order valence-electron chi connectivity index (χ3n) is 2.97. The topological polar surface area (TPSA) is 46.9 Å². The van der Waals surface area contributed by atoms with Gasteiger partial charge in [-0.05, 0) is 13.3 Å². The van der Waals surface area contributed by atoms with Crippen molar-refractivity contribution in [2.24, 2.45) is 5.41 Å². The standard InChI is InChI=1S/C10H13Cl2N3O/c1-9(6-10(9,11)12)8(16)14-3-5-15-4-2-13-7-15/h2,4,7H,3,5-6H2,1H3,(H,14,16). The second kappa shape index (κ2) is 3.93. The smallest absolute Gasteiger partial charge is 0.229 e. The Hall–Kier alpha value is -0.740. The highest BCUT2D eigenvalue weighted by Gasteiger charge is 2.67. The number of hydrogen-bond donors (Lipinski definition) is 1. The Kier molecular flexibility index (Phi) is 2.88. The van der Waals surface area contributed by atoms with Crippen LogP contribution in [0, 0.1) is 5.41 Å². The predicted octanol–water partition coefficient (Wildman–Crippen LogP) is 1.58. The minimum atomic E-state index is -0.897. The maximum Gasteiger partial charge on any atom is 0.229 e. The SMILES string of the molecule is CC1(C(=O)NCCn2ccnc2)CC1(Cl)Cl. The highest BCUT2D eigenvalue weighted by atomic mass is 35.5. The van der Waals surface area contributed by atoms with Crippen LogP contribution in [-0.2, 0) is 11.3 Å². The van der Waals surface area contributed by atoms with Gasteiger partial charge in [0.05, 0.1) is 11.7 Å². The normalized spacial score (nSPS) is 26.4. The molecular weight excluding hydrogens is 249 g/mol. The van der Waals surface area contributed by atoms with E-state index in [1.165, 1.54) is 0 Å². The first-order valence-corrected chi connectivity index (χ1v) is 5.83. The average molecular weight is 262 g/mol. The molecule has 0 spiro atoms. The van der Waals surface area contributed by atoms with Gasteiger partial charge in [0, 0.05) is 25.5 Å². The Morgan fingerprint density at radius 3 is 2.81 bits per heavy atom. The quantitative estimate of drug-likeness (QED) is 0.837. The number of amides is 1. The first kappa shape index (κ1) is 11.7. The molecule has 1 aliphatic carbocycles. The van der Waals surface area contributed by atoms with Crippen LogP contribution in [0.5, 0.6) is 0 Å². The van der Waals surface area contributed by atoms with E-state index in [1.807, 2.05) is 10.8 Å². The first-order chi connectivity index (χ1) is 7.46. The second-order valence-corrected chi connectivity index (χ2v) is 5.75. The highest BCUT2D eigenvalue weighted by molar-refractivity contribution is 6.53. The van der Waals surface area contributed by atoms with Gasteiger partial charge in [-0.3, -0.25) is 4.79 Å². The summed E-state index contributed by atoms with van der Waals surface area (Å²) in [5.41, 5.74) is -0.634. The van der Waals surface area contributed by atoms with E-state index in [2.05, 4.69) is 10.3 Å². The number of alkyl halides is 2. The molecule has 0 aromatic carbocycles. The molecule has 88 valence electrons. The summed E-state index contributed by atoms with van der Waals surface area (Å²) in [4.78, 5) is 15.7. The fraction of sp³-hybridized carbons (Fsp3) is 0.600. The molecule has 1 N–H and O–H groups in total. The Morgan fingerprint density at radius 2 is 2.31 bits per heavy atom. The zero-order valence-electron chi connectivity index (χ0n) is 8.91. The average Bonchev–Trinajstić information content (AvgIpc) is 2.64. The summed E-state index contributed by atoms with van der Waals surface area (Å²) < 4.78 is 0.996. The van der Waals surface area contributed by atoms with Gasteiger partial charge in [0.2, 0.25) is 5.91 Å². The van der Waals surface area contributed by atoms with E-state index in [0.717, 1.165) is 0 Å². The zero-order chi connectivity index (χ0) is 11.8. The van der Waals surface area contributed by atoms with Crippen LogP contribution in [0.1, 0.15) is 13.3 Å². The second-order valence-electron chi connectivity index (χ2n) is 4.27. The van der Waals surface area contributed by atoms with Gasteiger partial charge in [0.1, 0.15) is 4.33 Å². The van der Waals surface area contributed by atoms with Crippen molar-refractivity contribution in [2.75, 3.05) is 6.54 Å². The van der Waals surface area contributed by atoms with Crippen molar-refractivity contribution in [2.45, 2.75) is 24.2 Å². The molecule has 0 radical (unpaired) electrons. The van der Waals surface area contributed by atoms with Gasteiger partial charge in [0.25, 0.3) is 0 Å². The maximum absolute atomic E-state index is 11.8. The van der Waals surface area contributed by atoms with Crippen LogP contribution in [0.15, 0.2) is 18.7 Å². The molecule has 1 saturated carbocycles. The van der Waals surface area contributed by atoms with Crippen molar-refractivity contribution in [3.63, 3.8) is 0 Å². The molecule has 0 saturated heterocycles. The molecule has 1 unspecified atom stereocenters. The zero-order valence-corrected chi connectivity index (χ0v) is 10.4. The third-order valence-corrected chi connectivity index (χ3v) is 4.08. The Balaban J connectivity index is 1.77. The van der Waals surface area contributed by atoms with E-state index in [1.54, 1.807) is 19.4 Å². The molecule has 1 aromatic heterocycles. The van der Waals surface area contributed by atoms with Gasteiger partial charge < -0.3 is 9.88 Å². The van der Waals surface area contributed by atoms with E-state index in [4.69, 9.17) is 23.2 Å². The molecule has 1 atom stereocenters.